The van der Waals surface area contributed by atoms with Crippen molar-refractivity contribution in [1.29, 1.82) is 0 Å². The van der Waals surface area contributed by atoms with E-state index in [-0.39, 0.29) is 57.0 Å². The summed E-state index contributed by atoms with van der Waals surface area (Å²) in [5.41, 5.74) is 12.6. The van der Waals surface area contributed by atoms with E-state index in [1.165, 1.54) is 0 Å². The topological polar surface area (TPSA) is 218 Å². The number of hydrogen-bond donors (Lipinski definition) is 7. The number of rotatable bonds is 17. The highest BCUT2D eigenvalue weighted by Crippen LogP contribution is 2.26. The molecule has 2 aromatic carbocycles. The number of piperidine rings is 1. The Morgan fingerprint density at radius 3 is 1.88 bits per heavy atom. The van der Waals surface area contributed by atoms with Gasteiger partial charge >= 0.3 is 6.03 Å². The van der Waals surface area contributed by atoms with Crippen LogP contribution in [0.4, 0.5) is 4.79 Å². The third kappa shape index (κ3) is 11.1. The number of carbonyl (C=O) groups is 6. The molecule has 2 aromatic rings. The average molecular weight is 705 g/mol. The molecule has 0 aromatic heterocycles. The van der Waals surface area contributed by atoms with E-state index in [4.69, 9.17) is 11.5 Å². The summed E-state index contributed by atoms with van der Waals surface area (Å²) in [6, 6.07) is 14.2. The molecule has 2 heterocycles. The number of imide groups is 1. The van der Waals surface area contributed by atoms with Crippen LogP contribution in [0.2, 0.25) is 0 Å². The molecule has 0 aliphatic carbocycles. The summed E-state index contributed by atoms with van der Waals surface area (Å²) in [7, 11) is 0. The van der Waals surface area contributed by atoms with Crippen molar-refractivity contribution < 1.29 is 28.8 Å². The van der Waals surface area contributed by atoms with Crippen molar-refractivity contribution >= 4 is 35.6 Å². The lowest BCUT2D eigenvalue weighted by Crippen LogP contribution is -2.60. The minimum Gasteiger partial charge on any atom is -0.343 e. The van der Waals surface area contributed by atoms with Gasteiger partial charge in [0.15, 0.2) is 0 Å². The Kier molecular flexibility index (Phi) is 14.1. The van der Waals surface area contributed by atoms with E-state index in [1.54, 1.807) is 4.90 Å². The van der Waals surface area contributed by atoms with E-state index < -0.39 is 59.4 Å². The lowest BCUT2D eigenvalue weighted by atomic mass is 9.87. The second kappa shape index (κ2) is 18.4. The molecule has 0 bridgehead atoms. The summed E-state index contributed by atoms with van der Waals surface area (Å²) in [6.07, 6.45) is 2.78. The largest absolute Gasteiger partial charge is 0.343 e. The highest BCUT2D eigenvalue weighted by molar-refractivity contribution is 6.07. The number of unbranched alkanes of at least 4 members (excludes halogenated alkanes) is 1. The first-order valence-corrected chi connectivity index (χ1v) is 17.8. The van der Waals surface area contributed by atoms with E-state index in [1.807, 2.05) is 74.5 Å². The minimum atomic E-state index is -1.05. The number of nitrogens with two attached hydrogens (primary N) is 2. The molecule has 7 amide bonds. The van der Waals surface area contributed by atoms with Gasteiger partial charge in [-0.25, -0.2) is 4.79 Å². The summed E-state index contributed by atoms with van der Waals surface area (Å²) in [5.74, 6) is -2.28. The van der Waals surface area contributed by atoms with Gasteiger partial charge in [-0.15, -0.1) is 0 Å². The lowest BCUT2D eigenvalue weighted by molar-refractivity contribution is -0.140. The number of nitrogens with one attached hydrogen (secondary N) is 5. The van der Waals surface area contributed by atoms with Gasteiger partial charge in [-0.2, -0.15) is 0 Å². The Hall–Kier alpha value is -4.82. The Labute approximate surface area is 299 Å². The zero-order chi connectivity index (χ0) is 37.0. The van der Waals surface area contributed by atoms with Gasteiger partial charge < -0.3 is 37.6 Å². The minimum absolute atomic E-state index is 0.0000432. The van der Waals surface area contributed by atoms with E-state index in [9.17, 15) is 28.8 Å². The summed E-state index contributed by atoms with van der Waals surface area (Å²) in [6.45, 7) is 4.70. The van der Waals surface area contributed by atoms with E-state index in [0.717, 1.165) is 11.1 Å². The van der Waals surface area contributed by atoms with Crippen molar-refractivity contribution in [3.05, 3.63) is 71.8 Å². The van der Waals surface area contributed by atoms with Crippen LogP contribution in [0.3, 0.4) is 0 Å². The van der Waals surface area contributed by atoms with Crippen LogP contribution in [0.15, 0.2) is 60.7 Å². The Morgan fingerprint density at radius 2 is 1.33 bits per heavy atom. The molecular formula is C37H52N8O6. The molecule has 0 unspecified atom stereocenters. The smallest absolute Gasteiger partial charge is 0.322 e. The monoisotopic (exact) mass is 704 g/mol. The van der Waals surface area contributed by atoms with Crippen LogP contribution in [0.25, 0.3) is 0 Å². The zero-order valence-corrected chi connectivity index (χ0v) is 29.5. The first-order chi connectivity index (χ1) is 24.4. The number of likely N-dealkylation sites (tertiary alicyclic amines) is 1. The van der Waals surface area contributed by atoms with Crippen molar-refractivity contribution in [1.82, 2.24) is 31.5 Å². The summed E-state index contributed by atoms with van der Waals surface area (Å²) < 4.78 is 0. The number of hydrogen-bond acceptors (Lipinski definition) is 8. The van der Waals surface area contributed by atoms with Gasteiger partial charge in [-0.1, -0.05) is 74.5 Å². The summed E-state index contributed by atoms with van der Waals surface area (Å²) >= 11 is 0. The van der Waals surface area contributed by atoms with Crippen LogP contribution in [0.5, 0.6) is 0 Å². The fourth-order valence-electron chi connectivity index (χ4n) is 6.51. The summed E-state index contributed by atoms with van der Waals surface area (Å²) in [4.78, 5) is 80.7. The number of benzene rings is 2. The molecule has 2 aliphatic rings. The molecule has 4 atom stereocenters. The molecule has 51 heavy (non-hydrogen) atoms. The maximum atomic E-state index is 13.9. The molecule has 0 radical (unpaired) electrons. The van der Waals surface area contributed by atoms with Crippen LogP contribution in [-0.2, 0) is 36.8 Å². The van der Waals surface area contributed by atoms with Gasteiger partial charge in [0, 0.05) is 19.5 Å². The second-order valence-electron chi connectivity index (χ2n) is 13.9. The maximum absolute atomic E-state index is 13.9. The highest BCUT2D eigenvalue weighted by Gasteiger charge is 2.49. The van der Waals surface area contributed by atoms with Gasteiger partial charge in [0.1, 0.15) is 23.7 Å². The van der Waals surface area contributed by atoms with Gasteiger partial charge in [-0.3, -0.25) is 29.3 Å². The first kappa shape index (κ1) is 39.0. The molecular weight excluding hydrogens is 652 g/mol. The van der Waals surface area contributed by atoms with Crippen molar-refractivity contribution in [2.45, 2.75) is 94.9 Å². The number of nitrogens with zero attached hydrogens (tertiary/aromatic N) is 1. The standard InChI is InChI=1S/C37H52N8O6/c1-24(2)21-29(32(47)40-28(15-9-10-18-38)34(49)45-19-16-37(17-20-45)35(50)43-36(51)44-37)42-33(48)30(23-26-13-7-4-8-14-26)41-31(46)27(39)22-25-11-5-3-6-12-25/h3-8,11-14,24,27-30H,9-10,15-23,38-39H2,1-2H3,(H,40,47)(H,41,46)(H,42,48)(H2,43,44,50,51)/t27-,28-,29-,30-/m1/s1. The first-order valence-electron chi connectivity index (χ1n) is 17.8. The van der Waals surface area contributed by atoms with E-state index in [2.05, 4.69) is 26.6 Å². The van der Waals surface area contributed by atoms with Gasteiger partial charge in [0.2, 0.25) is 23.6 Å². The molecule has 9 N–H and O–H groups in total. The molecule has 14 nitrogen and oxygen atoms in total. The molecule has 1 spiro atoms. The van der Waals surface area contributed by atoms with E-state index >= 15 is 0 Å². The SMILES string of the molecule is CC(C)C[C@@H](NC(=O)[C@@H](Cc1ccccc1)NC(=O)[C@H](N)Cc1ccccc1)C(=O)N[C@H](CCCCN)C(=O)N1CCC2(CC1)NC(=O)NC2=O. The molecule has 2 saturated heterocycles. The van der Waals surface area contributed by atoms with Crippen LogP contribution in [-0.4, -0.2) is 89.8 Å². The third-order valence-electron chi connectivity index (χ3n) is 9.40. The predicted octanol–water partition coefficient (Wildman–Crippen LogP) is 0.629. The lowest BCUT2D eigenvalue weighted by Gasteiger charge is -2.38. The third-order valence-corrected chi connectivity index (χ3v) is 9.40. The van der Waals surface area contributed by atoms with Crippen molar-refractivity contribution in [2.75, 3.05) is 19.6 Å². The van der Waals surface area contributed by atoms with E-state index in [0.29, 0.717) is 25.8 Å². The highest BCUT2D eigenvalue weighted by atomic mass is 16.2. The van der Waals surface area contributed by atoms with Crippen LogP contribution in [0, 0.1) is 5.92 Å². The van der Waals surface area contributed by atoms with Gasteiger partial charge in [0.05, 0.1) is 6.04 Å². The normalized spacial score (nSPS) is 17.5. The Morgan fingerprint density at radius 1 is 0.784 bits per heavy atom. The molecule has 2 fully saturated rings. The summed E-state index contributed by atoms with van der Waals surface area (Å²) in [5, 5.41) is 13.5. The number of amides is 7. The van der Waals surface area contributed by atoms with Crippen molar-refractivity contribution in [2.24, 2.45) is 17.4 Å². The van der Waals surface area contributed by atoms with Crippen molar-refractivity contribution in [3.8, 4) is 0 Å². The van der Waals surface area contributed by atoms with Crippen molar-refractivity contribution in [3.63, 3.8) is 0 Å². The second-order valence-corrected chi connectivity index (χ2v) is 13.9. The Bertz CT molecular complexity index is 1510. The van der Waals surface area contributed by atoms with Gasteiger partial charge in [0.25, 0.3) is 5.91 Å². The predicted molar refractivity (Wildman–Crippen MR) is 192 cm³/mol. The fraction of sp³-hybridized carbons (Fsp3) is 0.514. The maximum Gasteiger partial charge on any atom is 0.322 e. The Balaban J connectivity index is 1.47. The fourth-order valence-corrected chi connectivity index (χ4v) is 6.51. The van der Waals surface area contributed by atoms with Gasteiger partial charge in [-0.05, 0) is 68.5 Å². The zero-order valence-electron chi connectivity index (χ0n) is 29.5. The molecule has 4 rings (SSSR count). The quantitative estimate of drug-likeness (QED) is 0.0913. The number of carbonyl (C=O) groups excluding carboxylic acids is 6. The van der Waals surface area contributed by atoms with Crippen LogP contribution >= 0.6 is 0 Å². The molecule has 0 saturated carbocycles. The molecule has 276 valence electrons. The number of urea groups is 1. The molecule has 14 heteroatoms. The van der Waals surface area contributed by atoms with Crippen LogP contribution in [0.1, 0.15) is 63.5 Å². The average Bonchev–Trinajstić information content (AvgIpc) is 3.38. The molecule has 2 aliphatic heterocycles. The van der Waals surface area contributed by atoms with Crippen LogP contribution < -0.4 is 38.1 Å².